The Kier molecular flexibility index (Phi) is 13.9. The molecule has 0 N–H and O–H groups in total. The van der Waals surface area contributed by atoms with Crippen LogP contribution < -0.4 is 9.80 Å². The summed E-state index contributed by atoms with van der Waals surface area (Å²) in [5.74, 6) is 0. The van der Waals surface area contributed by atoms with Gasteiger partial charge in [-0.05, 0) is 177 Å². The third kappa shape index (κ3) is 9.54. The van der Waals surface area contributed by atoms with Crippen molar-refractivity contribution < 1.29 is 0 Å². The Labute approximate surface area is 539 Å². The first-order valence-corrected chi connectivity index (χ1v) is 32.0. The summed E-state index contributed by atoms with van der Waals surface area (Å²) < 4.78 is 4.93. The highest BCUT2D eigenvalue weighted by molar-refractivity contribution is 6.03. The minimum absolute atomic E-state index is 0.0987. The largest absolute Gasteiger partial charge is 0.311 e. The van der Waals surface area contributed by atoms with Gasteiger partial charge >= 0.3 is 0 Å². The molecule has 0 radical (unpaired) electrons. The first-order chi connectivity index (χ1) is 45.2. The SMILES string of the molecule is CC1(C)c2ccccc2-c2c1c1cc(-c3ccc(N(c4ccccc4)c4ccc(-c5ccccc5)cc4)cc3)ccc1n2-c1ccccc1.CC1(C)c2ccccc2-c2c1c1cc(-c3ccc(N(c4ccccc4)c4ccccc4)cc3)ccc1n2-c1ccccc1. The van der Waals surface area contributed by atoms with E-state index in [0.717, 1.165) is 34.1 Å². The van der Waals surface area contributed by atoms with E-state index in [2.05, 4.69) is 386 Å². The molecule has 4 heteroatoms. The van der Waals surface area contributed by atoms with Gasteiger partial charge in [0.05, 0.1) is 22.4 Å². The maximum Gasteiger partial charge on any atom is 0.0584 e. The van der Waals surface area contributed by atoms with Crippen molar-refractivity contribution in [3.8, 4) is 67.3 Å². The third-order valence-corrected chi connectivity index (χ3v) is 19.1. The summed E-state index contributed by atoms with van der Waals surface area (Å²) in [6.45, 7) is 9.49. The standard InChI is InChI=1S/C47H36N2.C41H32N2/c1-47(2)43-21-13-12-20-41(43)46-45(47)42-32-36(26-31-44(42)49(46)38-18-10-5-11-19-38)35-24-29-40(30-25-35)48(37-16-8-4-9-17-37)39-27-22-34(23-28-39)33-14-6-3-7-15-33;1-41(2)37-21-13-12-20-35(37)40-39(41)36-28-30(24-27-38(36)43(40)33-18-10-5-11-19-33)29-22-25-34(26-23-29)42(31-14-6-3-7-15-31)32-16-8-4-9-17-32/h3-32H,1-2H3;3-28H,1-2H3. The number of aromatic nitrogens is 2. The smallest absolute Gasteiger partial charge is 0.0584 e. The molecule has 2 heterocycles. The summed E-state index contributed by atoms with van der Waals surface area (Å²) in [4.78, 5) is 4.63. The summed E-state index contributed by atoms with van der Waals surface area (Å²) in [7, 11) is 0. The van der Waals surface area contributed by atoms with Crippen LogP contribution in [0.15, 0.2) is 340 Å². The lowest BCUT2D eigenvalue weighted by Crippen LogP contribution is -2.14. The van der Waals surface area contributed by atoms with E-state index in [-0.39, 0.29) is 10.8 Å². The van der Waals surface area contributed by atoms with Gasteiger partial charge in [-0.1, -0.05) is 246 Å². The summed E-state index contributed by atoms with van der Waals surface area (Å²) in [5.41, 5.74) is 29.6. The molecule has 0 saturated heterocycles. The van der Waals surface area contributed by atoms with E-state index in [1.807, 2.05) is 0 Å². The molecule has 0 fully saturated rings. The minimum atomic E-state index is -0.112. The molecule has 0 atom stereocenters. The minimum Gasteiger partial charge on any atom is -0.311 e. The maximum absolute atomic E-state index is 2.46. The van der Waals surface area contributed by atoms with Crippen LogP contribution in [0.5, 0.6) is 0 Å². The number of anilines is 6. The summed E-state index contributed by atoms with van der Waals surface area (Å²) in [6, 6.07) is 123. The highest BCUT2D eigenvalue weighted by atomic mass is 15.1. The van der Waals surface area contributed by atoms with Crippen molar-refractivity contribution in [3.63, 3.8) is 0 Å². The van der Waals surface area contributed by atoms with E-state index in [4.69, 9.17) is 0 Å². The Morgan fingerprint density at radius 2 is 0.500 bits per heavy atom. The van der Waals surface area contributed by atoms with Crippen LogP contribution in [0.25, 0.3) is 89.1 Å². The van der Waals surface area contributed by atoms with E-state index >= 15 is 0 Å². The van der Waals surface area contributed by atoms with Gasteiger partial charge in [0.15, 0.2) is 0 Å². The third-order valence-electron chi connectivity index (χ3n) is 19.1. The van der Waals surface area contributed by atoms with Gasteiger partial charge in [0.1, 0.15) is 0 Å². The number of benzene rings is 13. The van der Waals surface area contributed by atoms with Gasteiger partial charge in [0, 0.05) is 78.2 Å². The number of rotatable bonds is 11. The van der Waals surface area contributed by atoms with E-state index in [0.29, 0.717) is 0 Å². The molecule has 0 bridgehead atoms. The monoisotopic (exact) mass is 1180 g/mol. The average Bonchev–Trinajstić information content (AvgIpc) is 1.55. The number of hydrogen-bond acceptors (Lipinski definition) is 2. The Balaban J connectivity index is 0.000000148. The summed E-state index contributed by atoms with van der Waals surface area (Å²) >= 11 is 0. The Hall–Kier alpha value is -11.5. The topological polar surface area (TPSA) is 16.3 Å². The molecule has 440 valence electrons. The predicted octanol–water partition coefficient (Wildman–Crippen LogP) is 23.8. The maximum atomic E-state index is 2.46. The molecule has 0 aliphatic heterocycles. The zero-order valence-electron chi connectivity index (χ0n) is 52.1. The van der Waals surface area contributed by atoms with E-state index in [1.54, 1.807) is 0 Å². The van der Waals surface area contributed by atoms with Gasteiger partial charge in [0.2, 0.25) is 0 Å². The molecule has 2 aliphatic rings. The van der Waals surface area contributed by atoms with Crippen LogP contribution >= 0.6 is 0 Å². The van der Waals surface area contributed by atoms with Crippen LogP contribution in [0.3, 0.4) is 0 Å². The fourth-order valence-electron chi connectivity index (χ4n) is 14.8. The molecule has 0 amide bonds. The molecule has 2 aliphatic carbocycles. The fourth-order valence-corrected chi connectivity index (χ4v) is 14.8. The lowest BCUT2D eigenvalue weighted by atomic mass is 9.81. The van der Waals surface area contributed by atoms with Crippen molar-refractivity contribution in [3.05, 3.63) is 362 Å². The van der Waals surface area contributed by atoms with Crippen LogP contribution in [0.1, 0.15) is 49.9 Å². The average molecular weight is 1180 g/mol. The molecule has 17 rings (SSSR count). The summed E-state index contributed by atoms with van der Waals surface area (Å²) in [5, 5.41) is 2.63. The number of fused-ring (bicyclic) bond motifs is 10. The van der Waals surface area contributed by atoms with E-state index in [9.17, 15) is 0 Å². The number of hydrogen-bond donors (Lipinski definition) is 0. The van der Waals surface area contributed by atoms with Crippen LogP contribution in [0.4, 0.5) is 34.1 Å². The molecule has 13 aromatic carbocycles. The van der Waals surface area contributed by atoms with Crippen LogP contribution in [-0.4, -0.2) is 9.13 Å². The van der Waals surface area contributed by atoms with Crippen molar-refractivity contribution in [2.45, 2.75) is 38.5 Å². The van der Waals surface area contributed by atoms with E-state index < -0.39 is 0 Å². The first kappa shape index (κ1) is 55.8. The van der Waals surface area contributed by atoms with Crippen molar-refractivity contribution in [2.75, 3.05) is 9.80 Å². The normalized spacial score (nSPS) is 13.0. The lowest BCUT2D eigenvalue weighted by Gasteiger charge is -2.26. The van der Waals surface area contributed by atoms with Gasteiger partial charge in [0.25, 0.3) is 0 Å². The Bertz CT molecular complexity index is 5110. The quantitative estimate of drug-likeness (QED) is 0.128. The van der Waals surface area contributed by atoms with Crippen LogP contribution in [-0.2, 0) is 10.8 Å². The van der Waals surface area contributed by atoms with Gasteiger partial charge < -0.3 is 18.9 Å². The zero-order chi connectivity index (χ0) is 61.9. The highest BCUT2D eigenvalue weighted by Crippen LogP contribution is 2.56. The molecular weight excluding hydrogens is 1110 g/mol. The second kappa shape index (κ2) is 22.8. The van der Waals surface area contributed by atoms with Crippen molar-refractivity contribution >= 4 is 55.9 Å². The molecule has 4 nitrogen and oxygen atoms in total. The Morgan fingerprint density at radius 1 is 0.239 bits per heavy atom. The lowest BCUT2D eigenvalue weighted by molar-refractivity contribution is 0.666. The number of nitrogens with zero attached hydrogens (tertiary/aromatic N) is 4. The van der Waals surface area contributed by atoms with Crippen molar-refractivity contribution in [1.29, 1.82) is 0 Å². The van der Waals surface area contributed by atoms with Crippen molar-refractivity contribution in [2.24, 2.45) is 0 Å². The molecule has 92 heavy (non-hydrogen) atoms. The predicted molar refractivity (Wildman–Crippen MR) is 387 cm³/mol. The van der Waals surface area contributed by atoms with Gasteiger partial charge in [-0.3, -0.25) is 0 Å². The molecule has 15 aromatic rings. The van der Waals surface area contributed by atoms with Gasteiger partial charge in [-0.15, -0.1) is 0 Å². The molecule has 2 aromatic heterocycles. The second-order valence-corrected chi connectivity index (χ2v) is 25.3. The van der Waals surface area contributed by atoms with Gasteiger partial charge in [-0.25, -0.2) is 0 Å². The van der Waals surface area contributed by atoms with Crippen LogP contribution in [0, 0.1) is 0 Å². The van der Waals surface area contributed by atoms with Gasteiger partial charge in [-0.2, -0.15) is 0 Å². The zero-order valence-corrected chi connectivity index (χ0v) is 52.1. The second-order valence-electron chi connectivity index (χ2n) is 25.3. The molecule has 0 spiro atoms. The molecular formula is C88H68N4. The van der Waals surface area contributed by atoms with Crippen LogP contribution in [0.2, 0.25) is 0 Å². The number of para-hydroxylation sites is 5. The highest BCUT2D eigenvalue weighted by Gasteiger charge is 2.42. The Morgan fingerprint density at radius 3 is 0.848 bits per heavy atom. The van der Waals surface area contributed by atoms with Crippen molar-refractivity contribution in [1.82, 2.24) is 9.13 Å². The molecule has 0 saturated carbocycles. The molecule has 0 unspecified atom stereocenters. The summed E-state index contributed by atoms with van der Waals surface area (Å²) in [6.07, 6.45) is 0. The van der Waals surface area contributed by atoms with E-state index in [1.165, 1.54) is 111 Å². The fraction of sp³-hybridized carbons (Fsp3) is 0.0682. The first-order valence-electron chi connectivity index (χ1n) is 32.0.